The van der Waals surface area contributed by atoms with Crippen LogP contribution in [0, 0.1) is 11.3 Å². The topological polar surface area (TPSA) is 121 Å². The van der Waals surface area contributed by atoms with E-state index >= 15 is 0 Å². The summed E-state index contributed by atoms with van der Waals surface area (Å²) in [6.45, 7) is 6.33. The van der Waals surface area contributed by atoms with Gasteiger partial charge in [-0.05, 0) is 49.4 Å². The van der Waals surface area contributed by atoms with Crippen molar-refractivity contribution in [2.75, 3.05) is 69.8 Å². The average molecular weight is 597 g/mol. The van der Waals surface area contributed by atoms with Crippen molar-refractivity contribution in [3.8, 4) is 29.0 Å². The van der Waals surface area contributed by atoms with Gasteiger partial charge in [-0.15, -0.1) is 12.4 Å². The molecular weight excluding hydrogens is 563 g/mol. The lowest BCUT2D eigenvalue weighted by Crippen LogP contribution is -2.56. The summed E-state index contributed by atoms with van der Waals surface area (Å²) in [4.78, 5) is 18.4. The lowest BCUT2D eigenvalue weighted by molar-refractivity contribution is -0.0660. The molecule has 222 valence electrons. The van der Waals surface area contributed by atoms with Crippen LogP contribution >= 0.6 is 12.4 Å². The Morgan fingerprint density at radius 2 is 1.95 bits per heavy atom. The van der Waals surface area contributed by atoms with Gasteiger partial charge in [-0.3, -0.25) is 4.90 Å². The van der Waals surface area contributed by atoms with E-state index in [4.69, 9.17) is 14.2 Å². The number of nitriles is 1. The third-order valence-electron chi connectivity index (χ3n) is 7.74. The molecule has 0 unspecified atom stereocenters. The van der Waals surface area contributed by atoms with Crippen LogP contribution in [-0.2, 0) is 4.74 Å². The molecule has 0 spiro atoms. The van der Waals surface area contributed by atoms with Crippen molar-refractivity contribution in [1.29, 1.82) is 5.26 Å². The second-order valence-electron chi connectivity index (χ2n) is 10.3. The molecule has 2 aromatic heterocycles. The van der Waals surface area contributed by atoms with Crippen LogP contribution in [0.3, 0.4) is 0 Å². The minimum Gasteiger partial charge on any atom is -0.486 e. The number of ether oxygens (including phenoxy) is 3. The SMILES string of the molecule is COc1nc(Nc2nccc(-c3ccc(O[C@@H]4CCNC[C@@H]4F)c(C#N)c3)n2)ccc1N1CCN(C2COC2)CC1.Cl. The van der Waals surface area contributed by atoms with Crippen molar-refractivity contribution in [1.82, 2.24) is 25.2 Å². The quantitative estimate of drug-likeness (QED) is 0.399. The number of alkyl halides is 1. The van der Waals surface area contributed by atoms with Gasteiger partial charge >= 0.3 is 0 Å². The van der Waals surface area contributed by atoms with Gasteiger partial charge in [0.2, 0.25) is 11.8 Å². The van der Waals surface area contributed by atoms with Crippen LogP contribution in [0.15, 0.2) is 42.6 Å². The van der Waals surface area contributed by atoms with Gasteiger partial charge in [0.05, 0.1) is 37.6 Å². The highest BCUT2D eigenvalue weighted by Crippen LogP contribution is 2.31. The summed E-state index contributed by atoms with van der Waals surface area (Å²) in [5, 5.41) is 15.9. The number of nitrogens with one attached hydrogen (secondary N) is 2. The molecule has 0 radical (unpaired) electrons. The fourth-order valence-corrected chi connectivity index (χ4v) is 5.32. The highest BCUT2D eigenvalue weighted by Gasteiger charge is 2.30. The van der Waals surface area contributed by atoms with Crippen LogP contribution in [-0.4, -0.2) is 97.8 Å². The van der Waals surface area contributed by atoms with Crippen LogP contribution in [0.5, 0.6) is 11.6 Å². The van der Waals surface area contributed by atoms with Gasteiger partial charge < -0.3 is 29.7 Å². The smallest absolute Gasteiger partial charge is 0.239 e. The van der Waals surface area contributed by atoms with Crippen molar-refractivity contribution in [3.63, 3.8) is 0 Å². The number of piperazine rings is 1. The predicted octanol–water partition coefficient (Wildman–Crippen LogP) is 3.18. The Morgan fingerprint density at radius 1 is 1.12 bits per heavy atom. The van der Waals surface area contributed by atoms with E-state index in [2.05, 4.69) is 41.5 Å². The number of halogens is 2. The fourth-order valence-electron chi connectivity index (χ4n) is 5.32. The Labute approximate surface area is 250 Å². The molecule has 11 nitrogen and oxygen atoms in total. The number of aromatic nitrogens is 3. The Hall–Kier alpha value is -3.76. The number of nitrogens with zero attached hydrogens (tertiary/aromatic N) is 6. The molecule has 0 aliphatic carbocycles. The molecule has 3 fully saturated rings. The van der Waals surface area contributed by atoms with Gasteiger partial charge in [0, 0.05) is 44.5 Å². The third-order valence-corrected chi connectivity index (χ3v) is 7.74. The standard InChI is InChI=1S/C29H33FN8O3.ClH/c1-39-28-24(38-12-10-37(11-13-38)21-17-40-18-21)3-5-27(35-28)36-29-33-9-6-23(34-29)19-2-4-25(20(14-19)15-31)41-26-7-8-32-16-22(26)30;/h2-6,9,14,21-22,26,32H,7-8,10-13,16-18H2,1H3,(H,33,34,35,36);1H/t22-,26+;/m0./s1. The van der Waals surface area contributed by atoms with Crippen LogP contribution < -0.4 is 25.0 Å². The zero-order valence-electron chi connectivity index (χ0n) is 23.3. The van der Waals surface area contributed by atoms with E-state index < -0.39 is 12.3 Å². The van der Waals surface area contributed by atoms with Crippen LogP contribution in [0.25, 0.3) is 11.3 Å². The molecule has 3 aromatic rings. The first-order valence-electron chi connectivity index (χ1n) is 13.9. The van der Waals surface area contributed by atoms with E-state index in [0.29, 0.717) is 53.7 Å². The molecule has 5 heterocycles. The first-order valence-corrected chi connectivity index (χ1v) is 13.9. The van der Waals surface area contributed by atoms with E-state index in [-0.39, 0.29) is 19.0 Å². The van der Waals surface area contributed by atoms with Crippen molar-refractivity contribution < 1.29 is 18.6 Å². The number of hydrogen-bond donors (Lipinski definition) is 2. The zero-order chi connectivity index (χ0) is 28.2. The summed E-state index contributed by atoms with van der Waals surface area (Å²) in [6.07, 6.45) is 0.486. The maximum absolute atomic E-state index is 14.2. The molecule has 0 amide bonds. The Balaban J connectivity index is 0.00000353. The number of piperidine rings is 1. The Bertz CT molecular complexity index is 1410. The van der Waals surface area contributed by atoms with Gasteiger partial charge in [-0.2, -0.15) is 10.2 Å². The molecule has 2 N–H and O–H groups in total. The lowest BCUT2D eigenvalue weighted by atomic mass is 10.1. The van der Waals surface area contributed by atoms with Gasteiger partial charge in [0.1, 0.15) is 35.6 Å². The van der Waals surface area contributed by atoms with Crippen molar-refractivity contribution >= 4 is 29.9 Å². The maximum atomic E-state index is 14.2. The normalized spacial score (nSPS) is 21.0. The summed E-state index contributed by atoms with van der Waals surface area (Å²) in [7, 11) is 1.62. The minimum absolute atomic E-state index is 0. The fraction of sp³-hybridized carbons (Fsp3) is 0.448. The zero-order valence-corrected chi connectivity index (χ0v) is 24.1. The summed E-state index contributed by atoms with van der Waals surface area (Å²) in [5.74, 6) is 1.81. The van der Waals surface area contributed by atoms with Crippen LogP contribution in [0.4, 0.5) is 21.8 Å². The Kier molecular flexibility index (Phi) is 9.54. The third kappa shape index (κ3) is 6.50. The molecule has 13 heteroatoms. The molecule has 2 atom stereocenters. The predicted molar refractivity (Wildman–Crippen MR) is 159 cm³/mol. The van der Waals surface area contributed by atoms with Gasteiger partial charge in [-0.25, -0.2) is 14.4 Å². The van der Waals surface area contributed by atoms with E-state index in [1.54, 1.807) is 31.5 Å². The summed E-state index contributed by atoms with van der Waals surface area (Å²) < 4.78 is 31.1. The van der Waals surface area contributed by atoms with Crippen molar-refractivity contribution in [2.45, 2.75) is 24.7 Å². The molecule has 1 aromatic carbocycles. The highest BCUT2D eigenvalue weighted by atomic mass is 35.5. The number of methoxy groups -OCH3 is 1. The lowest BCUT2D eigenvalue weighted by Gasteiger charge is -2.43. The van der Waals surface area contributed by atoms with E-state index in [0.717, 1.165) is 50.6 Å². The van der Waals surface area contributed by atoms with Gasteiger partial charge in [0.15, 0.2) is 0 Å². The molecule has 0 bridgehead atoms. The van der Waals surface area contributed by atoms with Crippen LogP contribution in [0.1, 0.15) is 12.0 Å². The second kappa shape index (κ2) is 13.5. The van der Waals surface area contributed by atoms with E-state index in [1.165, 1.54) is 0 Å². The maximum Gasteiger partial charge on any atom is 0.239 e. The largest absolute Gasteiger partial charge is 0.486 e. The van der Waals surface area contributed by atoms with Crippen molar-refractivity contribution in [3.05, 3.63) is 48.2 Å². The molecule has 42 heavy (non-hydrogen) atoms. The highest BCUT2D eigenvalue weighted by molar-refractivity contribution is 5.85. The van der Waals surface area contributed by atoms with Gasteiger partial charge in [-0.1, -0.05) is 0 Å². The average Bonchev–Trinajstić information content (AvgIpc) is 2.98. The van der Waals surface area contributed by atoms with Crippen molar-refractivity contribution in [2.24, 2.45) is 0 Å². The summed E-state index contributed by atoms with van der Waals surface area (Å²) in [5.41, 5.74) is 2.61. The first kappa shape index (κ1) is 29.7. The number of rotatable bonds is 8. The minimum atomic E-state index is -1.12. The first-order chi connectivity index (χ1) is 20.1. The van der Waals surface area contributed by atoms with E-state index in [1.807, 2.05) is 18.2 Å². The number of hydrogen-bond acceptors (Lipinski definition) is 11. The molecule has 3 saturated heterocycles. The molecule has 3 aliphatic heterocycles. The summed E-state index contributed by atoms with van der Waals surface area (Å²) >= 11 is 0. The Morgan fingerprint density at radius 3 is 2.67 bits per heavy atom. The number of pyridine rings is 1. The number of anilines is 3. The summed E-state index contributed by atoms with van der Waals surface area (Å²) in [6, 6.07) is 13.6. The molecular formula is C29H34ClFN8O3. The van der Waals surface area contributed by atoms with Gasteiger partial charge in [0.25, 0.3) is 0 Å². The molecule has 6 rings (SSSR count). The molecule has 0 saturated carbocycles. The molecule has 3 aliphatic rings. The monoisotopic (exact) mass is 596 g/mol. The second-order valence-corrected chi connectivity index (χ2v) is 10.3. The number of benzene rings is 1. The van der Waals surface area contributed by atoms with E-state index in [9.17, 15) is 9.65 Å². The van der Waals surface area contributed by atoms with Crippen LogP contribution in [0.2, 0.25) is 0 Å².